The average Bonchev–Trinajstić information content (AvgIpc) is 2.95. The molecule has 0 unspecified atom stereocenters. The molecule has 1 saturated carbocycles. The summed E-state index contributed by atoms with van der Waals surface area (Å²) in [5, 5.41) is 2.86. The molecule has 0 atom stereocenters. The van der Waals surface area contributed by atoms with Crippen molar-refractivity contribution in [3.63, 3.8) is 0 Å². The Morgan fingerprint density at radius 1 is 1.10 bits per heavy atom. The number of carbonyl (C=O) groups is 3. The van der Waals surface area contributed by atoms with Crippen molar-refractivity contribution >= 4 is 23.5 Å². The number of rotatable bonds is 3. The normalized spacial score (nSPS) is 27.5. The van der Waals surface area contributed by atoms with Crippen LogP contribution >= 0.6 is 0 Å². The highest BCUT2D eigenvalue weighted by Crippen LogP contribution is 2.36. The molecule has 156 valence electrons. The Kier molecular flexibility index (Phi) is 5.19. The van der Waals surface area contributed by atoms with Crippen molar-refractivity contribution in [2.24, 2.45) is 5.92 Å². The van der Waals surface area contributed by atoms with Crippen LogP contribution in [0.1, 0.15) is 32.6 Å². The van der Waals surface area contributed by atoms with Gasteiger partial charge in [0.1, 0.15) is 17.9 Å². The van der Waals surface area contributed by atoms with E-state index < -0.39 is 11.6 Å². The van der Waals surface area contributed by atoms with Gasteiger partial charge in [-0.3, -0.25) is 14.5 Å². The summed E-state index contributed by atoms with van der Waals surface area (Å²) >= 11 is 0. The lowest BCUT2D eigenvalue weighted by molar-refractivity contribution is -0.139. The van der Waals surface area contributed by atoms with Crippen LogP contribution in [0, 0.1) is 11.7 Å². The maximum Gasteiger partial charge on any atom is 0.325 e. The fraction of sp³-hybridized carbons (Fsp3) is 0.571. The number of urea groups is 1. The molecule has 1 spiro atoms. The van der Waals surface area contributed by atoms with Gasteiger partial charge < -0.3 is 15.1 Å². The minimum atomic E-state index is -0.814. The maximum absolute atomic E-state index is 13.1. The molecule has 2 heterocycles. The standard InChI is InChI=1S/C21H27FN4O3/c1-15-6-8-21(9-7-15)19(28)26(20(29)23-21)14-18(27)25-12-10-24(11-13-25)17-4-2-16(22)3-5-17/h2-5,15H,6-14H2,1H3,(H,23,29). The van der Waals surface area contributed by atoms with Gasteiger partial charge in [-0.2, -0.15) is 0 Å². The average molecular weight is 402 g/mol. The summed E-state index contributed by atoms with van der Waals surface area (Å²) in [7, 11) is 0. The molecule has 3 fully saturated rings. The minimum Gasteiger partial charge on any atom is -0.368 e. The van der Waals surface area contributed by atoms with Gasteiger partial charge in [0, 0.05) is 31.9 Å². The van der Waals surface area contributed by atoms with Gasteiger partial charge in [0.15, 0.2) is 0 Å². The van der Waals surface area contributed by atoms with Crippen molar-refractivity contribution < 1.29 is 18.8 Å². The van der Waals surface area contributed by atoms with E-state index in [9.17, 15) is 18.8 Å². The quantitative estimate of drug-likeness (QED) is 0.785. The van der Waals surface area contributed by atoms with Gasteiger partial charge >= 0.3 is 6.03 Å². The number of piperazine rings is 1. The number of hydrogen-bond donors (Lipinski definition) is 1. The highest BCUT2D eigenvalue weighted by molar-refractivity contribution is 6.09. The molecule has 1 aliphatic carbocycles. The number of halogens is 1. The number of amides is 4. The Balaban J connectivity index is 1.33. The van der Waals surface area contributed by atoms with Crippen LogP contribution in [-0.4, -0.2) is 65.9 Å². The van der Waals surface area contributed by atoms with Gasteiger partial charge in [0.05, 0.1) is 0 Å². The van der Waals surface area contributed by atoms with E-state index in [4.69, 9.17) is 0 Å². The first-order chi connectivity index (χ1) is 13.9. The van der Waals surface area contributed by atoms with Gasteiger partial charge in [-0.05, 0) is 55.9 Å². The molecule has 3 aliphatic rings. The third-order valence-electron chi connectivity index (χ3n) is 6.49. The van der Waals surface area contributed by atoms with E-state index in [0.29, 0.717) is 44.9 Å². The summed E-state index contributed by atoms with van der Waals surface area (Å²) in [6.45, 7) is 4.20. The van der Waals surface area contributed by atoms with Crippen molar-refractivity contribution in [3.05, 3.63) is 30.1 Å². The van der Waals surface area contributed by atoms with E-state index in [2.05, 4.69) is 17.1 Å². The fourth-order valence-electron chi connectivity index (χ4n) is 4.51. The van der Waals surface area contributed by atoms with Gasteiger partial charge in [0.25, 0.3) is 5.91 Å². The topological polar surface area (TPSA) is 73.0 Å². The molecule has 4 amide bonds. The zero-order chi connectivity index (χ0) is 20.6. The van der Waals surface area contributed by atoms with E-state index in [1.165, 1.54) is 12.1 Å². The van der Waals surface area contributed by atoms with Crippen LogP contribution < -0.4 is 10.2 Å². The zero-order valence-electron chi connectivity index (χ0n) is 16.7. The third kappa shape index (κ3) is 3.80. The summed E-state index contributed by atoms with van der Waals surface area (Å²) in [6.07, 6.45) is 3.08. The summed E-state index contributed by atoms with van der Waals surface area (Å²) in [5.74, 6) is -0.194. The predicted molar refractivity (Wildman–Crippen MR) is 106 cm³/mol. The lowest BCUT2D eigenvalue weighted by Gasteiger charge is -2.36. The Labute approximate surface area is 169 Å². The number of hydrogen-bond acceptors (Lipinski definition) is 4. The van der Waals surface area contributed by atoms with E-state index >= 15 is 0 Å². The molecule has 1 aromatic rings. The summed E-state index contributed by atoms with van der Waals surface area (Å²) in [6, 6.07) is 5.84. The summed E-state index contributed by atoms with van der Waals surface area (Å²) in [5.41, 5.74) is 0.103. The van der Waals surface area contributed by atoms with Crippen molar-refractivity contribution in [2.45, 2.75) is 38.1 Å². The van der Waals surface area contributed by atoms with Gasteiger partial charge in [-0.1, -0.05) is 6.92 Å². The number of anilines is 1. The Morgan fingerprint density at radius 3 is 2.34 bits per heavy atom. The van der Waals surface area contributed by atoms with Gasteiger partial charge in [-0.25, -0.2) is 9.18 Å². The van der Waals surface area contributed by atoms with E-state index in [1.54, 1.807) is 17.0 Å². The second-order valence-corrected chi connectivity index (χ2v) is 8.43. The van der Waals surface area contributed by atoms with E-state index in [-0.39, 0.29) is 24.2 Å². The summed E-state index contributed by atoms with van der Waals surface area (Å²) < 4.78 is 13.1. The van der Waals surface area contributed by atoms with Crippen LogP contribution in [0.3, 0.4) is 0 Å². The van der Waals surface area contributed by atoms with Gasteiger partial charge in [-0.15, -0.1) is 0 Å². The third-order valence-corrected chi connectivity index (χ3v) is 6.49. The molecule has 4 rings (SSSR count). The molecule has 8 heteroatoms. The molecule has 29 heavy (non-hydrogen) atoms. The SMILES string of the molecule is CC1CCC2(CC1)NC(=O)N(CC(=O)N1CCN(c3ccc(F)cc3)CC1)C2=O. The first-order valence-electron chi connectivity index (χ1n) is 10.3. The first-order valence-corrected chi connectivity index (χ1v) is 10.3. The van der Waals surface area contributed by atoms with Crippen LogP contribution in [0.5, 0.6) is 0 Å². The molecular formula is C21H27FN4O3. The highest BCUT2D eigenvalue weighted by Gasteiger charge is 2.52. The van der Waals surface area contributed by atoms with Crippen LogP contribution in [0.25, 0.3) is 0 Å². The highest BCUT2D eigenvalue weighted by atomic mass is 19.1. The molecule has 0 bridgehead atoms. The molecular weight excluding hydrogens is 375 g/mol. The lowest BCUT2D eigenvalue weighted by Crippen LogP contribution is -2.52. The molecule has 2 saturated heterocycles. The Hall–Kier alpha value is -2.64. The smallest absolute Gasteiger partial charge is 0.325 e. The molecule has 1 N–H and O–H groups in total. The van der Waals surface area contributed by atoms with Crippen LogP contribution in [0.15, 0.2) is 24.3 Å². The van der Waals surface area contributed by atoms with Crippen molar-refractivity contribution in [3.8, 4) is 0 Å². The van der Waals surface area contributed by atoms with Gasteiger partial charge in [0.2, 0.25) is 5.91 Å². The van der Waals surface area contributed by atoms with Crippen LogP contribution in [0.4, 0.5) is 14.9 Å². The van der Waals surface area contributed by atoms with Crippen molar-refractivity contribution in [1.29, 1.82) is 0 Å². The van der Waals surface area contributed by atoms with Crippen molar-refractivity contribution in [2.75, 3.05) is 37.6 Å². The number of carbonyl (C=O) groups excluding carboxylic acids is 3. The van der Waals surface area contributed by atoms with Crippen LogP contribution in [-0.2, 0) is 9.59 Å². The second-order valence-electron chi connectivity index (χ2n) is 8.43. The number of benzene rings is 1. The lowest BCUT2D eigenvalue weighted by atomic mass is 9.77. The molecule has 2 aliphatic heterocycles. The van der Waals surface area contributed by atoms with Crippen molar-refractivity contribution in [1.82, 2.24) is 15.1 Å². The second kappa shape index (κ2) is 7.65. The summed E-state index contributed by atoms with van der Waals surface area (Å²) in [4.78, 5) is 42.9. The minimum absolute atomic E-state index is 0.210. The monoisotopic (exact) mass is 402 g/mol. The van der Waals surface area contributed by atoms with E-state index in [0.717, 1.165) is 23.4 Å². The zero-order valence-corrected chi connectivity index (χ0v) is 16.7. The molecule has 0 radical (unpaired) electrons. The number of imide groups is 1. The maximum atomic E-state index is 13.1. The number of nitrogens with zero attached hydrogens (tertiary/aromatic N) is 3. The Morgan fingerprint density at radius 2 is 1.72 bits per heavy atom. The molecule has 0 aromatic heterocycles. The fourth-order valence-corrected chi connectivity index (χ4v) is 4.51. The predicted octanol–water partition coefficient (Wildman–Crippen LogP) is 1.97. The van der Waals surface area contributed by atoms with E-state index in [1.807, 2.05) is 0 Å². The van der Waals surface area contributed by atoms with Crippen LogP contribution in [0.2, 0.25) is 0 Å². The largest absolute Gasteiger partial charge is 0.368 e. The molecule has 1 aromatic carbocycles. The number of nitrogens with one attached hydrogen (secondary N) is 1. The molecule has 7 nitrogen and oxygen atoms in total. The Bertz CT molecular complexity index is 797. The first kappa shape index (κ1) is 19.7.